The molecule has 1 aromatic carbocycles. The molecule has 0 saturated heterocycles. The molecule has 0 amide bonds. The number of benzene rings is 1. The van der Waals surface area contributed by atoms with Crippen LogP contribution in [-0.4, -0.2) is 18.1 Å². The Balaban J connectivity index is 2.18. The molecule has 0 radical (unpaired) electrons. The van der Waals surface area contributed by atoms with E-state index in [0.717, 1.165) is 5.56 Å². The number of methoxy groups -OCH3 is 1. The molecule has 0 aliphatic carbocycles. The first-order valence-electron chi connectivity index (χ1n) is 5.71. The van der Waals surface area contributed by atoms with E-state index in [1.165, 1.54) is 13.2 Å². The minimum Gasteiger partial charge on any atom is -0.486 e. The van der Waals surface area contributed by atoms with Crippen LogP contribution in [0.25, 0.3) is 0 Å². The van der Waals surface area contributed by atoms with E-state index in [1.807, 2.05) is 12.1 Å². The molecule has 6 heteroatoms. The van der Waals surface area contributed by atoms with E-state index >= 15 is 0 Å². The lowest BCUT2D eigenvalue weighted by molar-refractivity contribution is 0.0600. The quantitative estimate of drug-likeness (QED) is 0.781. The van der Waals surface area contributed by atoms with E-state index in [4.69, 9.17) is 16.3 Å². The summed E-state index contributed by atoms with van der Waals surface area (Å²) in [6, 6.07) is 6.85. The number of aromatic nitrogens is 1. The third-order valence-corrected chi connectivity index (χ3v) is 3.40. The Kier molecular flexibility index (Phi) is 4.98. The van der Waals surface area contributed by atoms with Crippen molar-refractivity contribution in [1.82, 2.24) is 4.98 Å². The zero-order chi connectivity index (χ0) is 14.5. The van der Waals surface area contributed by atoms with Crippen molar-refractivity contribution in [2.75, 3.05) is 7.11 Å². The van der Waals surface area contributed by atoms with Crippen molar-refractivity contribution >= 4 is 33.5 Å². The zero-order valence-corrected chi connectivity index (χ0v) is 12.9. The molecule has 0 aliphatic rings. The second-order valence-corrected chi connectivity index (χ2v) is 5.17. The Morgan fingerprint density at radius 1 is 1.45 bits per heavy atom. The standard InChI is InChI=1S/C14H11BrClNO3/c1-19-14(18)10-5-11(15)13(12(16)6-10)20-8-9-3-2-4-17-7-9/h2-7H,8H2,1H3. The van der Waals surface area contributed by atoms with Gasteiger partial charge in [0.15, 0.2) is 5.75 Å². The van der Waals surface area contributed by atoms with Crippen LogP contribution in [-0.2, 0) is 11.3 Å². The molecule has 0 unspecified atom stereocenters. The number of carbonyl (C=O) groups is 1. The molecule has 4 nitrogen and oxygen atoms in total. The molecule has 1 heterocycles. The third kappa shape index (κ3) is 3.49. The summed E-state index contributed by atoms with van der Waals surface area (Å²) in [7, 11) is 1.32. The third-order valence-electron chi connectivity index (χ3n) is 2.53. The fraction of sp³-hybridized carbons (Fsp3) is 0.143. The first-order chi connectivity index (χ1) is 9.61. The van der Waals surface area contributed by atoms with Crippen LogP contribution >= 0.6 is 27.5 Å². The summed E-state index contributed by atoms with van der Waals surface area (Å²) in [5.74, 6) is 0.0228. The maximum absolute atomic E-state index is 11.5. The van der Waals surface area contributed by atoms with Crippen LogP contribution in [0.1, 0.15) is 15.9 Å². The van der Waals surface area contributed by atoms with Crippen LogP contribution in [0.4, 0.5) is 0 Å². The van der Waals surface area contributed by atoms with Gasteiger partial charge in [-0.05, 0) is 34.1 Å². The van der Waals surface area contributed by atoms with Gasteiger partial charge in [0.2, 0.25) is 0 Å². The molecule has 0 bridgehead atoms. The van der Waals surface area contributed by atoms with E-state index < -0.39 is 5.97 Å². The van der Waals surface area contributed by atoms with Crippen LogP contribution in [0.15, 0.2) is 41.1 Å². The van der Waals surface area contributed by atoms with Gasteiger partial charge in [-0.1, -0.05) is 17.7 Å². The van der Waals surface area contributed by atoms with Crippen LogP contribution < -0.4 is 4.74 Å². The van der Waals surface area contributed by atoms with Gasteiger partial charge in [0.1, 0.15) is 6.61 Å². The van der Waals surface area contributed by atoms with E-state index in [0.29, 0.717) is 27.4 Å². The first-order valence-corrected chi connectivity index (χ1v) is 6.88. The molecule has 104 valence electrons. The molecule has 1 aromatic heterocycles. The molecule has 0 saturated carbocycles. The van der Waals surface area contributed by atoms with Gasteiger partial charge in [-0.15, -0.1) is 0 Å². The highest BCUT2D eigenvalue weighted by molar-refractivity contribution is 9.10. The summed E-state index contributed by atoms with van der Waals surface area (Å²) in [5, 5.41) is 0.337. The van der Waals surface area contributed by atoms with Gasteiger partial charge in [-0.25, -0.2) is 4.79 Å². The lowest BCUT2D eigenvalue weighted by atomic mass is 10.2. The smallest absolute Gasteiger partial charge is 0.337 e. The SMILES string of the molecule is COC(=O)c1cc(Cl)c(OCc2cccnc2)c(Br)c1. The van der Waals surface area contributed by atoms with Crippen molar-refractivity contribution in [3.8, 4) is 5.75 Å². The number of esters is 1. The van der Waals surface area contributed by atoms with Crippen LogP contribution in [0.5, 0.6) is 5.75 Å². The van der Waals surface area contributed by atoms with Gasteiger partial charge in [0.05, 0.1) is 22.2 Å². The number of hydrogen-bond donors (Lipinski definition) is 0. The second-order valence-electron chi connectivity index (χ2n) is 3.91. The number of nitrogens with zero attached hydrogens (tertiary/aromatic N) is 1. The zero-order valence-electron chi connectivity index (χ0n) is 10.6. The summed E-state index contributed by atoms with van der Waals surface area (Å²) >= 11 is 9.46. The van der Waals surface area contributed by atoms with Gasteiger partial charge in [0.25, 0.3) is 0 Å². The van der Waals surface area contributed by atoms with Gasteiger partial charge in [-0.3, -0.25) is 4.98 Å². The normalized spacial score (nSPS) is 10.2. The number of hydrogen-bond acceptors (Lipinski definition) is 4. The molecule has 0 N–H and O–H groups in total. The highest BCUT2D eigenvalue weighted by Gasteiger charge is 2.14. The Morgan fingerprint density at radius 3 is 2.85 bits per heavy atom. The van der Waals surface area contributed by atoms with E-state index in [1.54, 1.807) is 18.5 Å². The van der Waals surface area contributed by atoms with E-state index in [9.17, 15) is 4.79 Å². The van der Waals surface area contributed by atoms with Crippen molar-refractivity contribution in [2.45, 2.75) is 6.61 Å². The van der Waals surface area contributed by atoms with E-state index in [-0.39, 0.29) is 0 Å². The van der Waals surface area contributed by atoms with Gasteiger partial charge >= 0.3 is 5.97 Å². The Morgan fingerprint density at radius 2 is 2.25 bits per heavy atom. The summed E-state index contributed by atoms with van der Waals surface area (Å²) < 4.78 is 10.9. The van der Waals surface area contributed by atoms with Crippen molar-refractivity contribution in [1.29, 1.82) is 0 Å². The minimum atomic E-state index is -0.452. The first kappa shape index (κ1) is 14.8. The van der Waals surface area contributed by atoms with Crippen molar-refractivity contribution in [3.05, 3.63) is 57.3 Å². The molecule has 0 fully saturated rings. The van der Waals surface area contributed by atoms with Crippen molar-refractivity contribution in [3.63, 3.8) is 0 Å². The maximum Gasteiger partial charge on any atom is 0.337 e. The minimum absolute atomic E-state index is 0.337. The average molecular weight is 357 g/mol. The maximum atomic E-state index is 11.5. The molecule has 2 rings (SSSR count). The summed E-state index contributed by atoms with van der Waals surface area (Å²) in [6.07, 6.45) is 3.40. The fourth-order valence-corrected chi connectivity index (χ4v) is 2.54. The molecule has 0 spiro atoms. The Bertz CT molecular complexity index is 596. The molecule has 0 aliphatic heterocycles. The lowest BCUT2D eigenvalue weighted by Gasteiger charge is -2.11. The summed E-state index contributed by atoms with van der Waals surface area (Å²) in [6.45, 7) is 0.337. The highest BCUT2D eigenvalue weighted by atomic mass is 79.9. The fourth-order valence-electron chi connectivity index (χ4n) is 1.57. The topological polar surface area (TPSA) is 48.4 Å². The molecule has 20 heavy (non-hydrogen) atoms. The van der Waals surface area contributed by atoms with Gasteiger partial charge in [0, 0.05) is 18.0 Å². The average Bonchev–Trinajstić information content (AvgIpc) is 2.46. The van der Waals surface area contributed by atoms with E-state index in [2.05, 4.69) is 25.7 Å². The monoisotopic (exact) mass is 355 g/mol. The second kappa shape index (κ2) is 6.72. The number of rotatable bonds is 4. The molecule has 0 atom stereocenters. The number of pyridine rings is 1. The number of halogens is 2. The van der Waals surface area contributed by atoms with Gasteiger partial charge < -0.3 is 9.47 Å². The van der Waals surface area contributed by atoms with Crippen molar-refractivity contribution in [2.24, 2.45) is 0 Å². The Labute approximate surface area is 129 Å². The van der Waals surface area contributed by atoms with Crippen LogP contribution in [0.3, 0.4) is 0 Å². The van der Waals surface area contributed by atoms with Gasteiger partial charge in [-0.2, -0.15) is 0 Å². The van der Waals surface area contributed by atoms with Crippen molar-refractivity contribution < 1.29 is 14.3 Å². The predicted octanol–water partition coefficient (Wildman–Crippen LogP) is 3.86. The number of carbonyl (C=O) groups excluding carboxylic acids is 1. The Hall–Kier alpha value is -1.59. The largest absolute Gasteiger partial charge is 0.486 e. The molecular formula is C14H11BrClNO3. The van der Waals surface area contributed by atoms with Crippen LogP contribution in [0, 0.1) is 0 Å². The molecule has 2 aromatic rings. The number of ether oxygens (including phenoxy) is 2. The molecular weight excluding hydrogens is 346 g/mol. The van der Waals surface area contributed by atoms with Crippen LogP contribution in [0.2, 0.25) is 5.02 Å². The summed E-state index contributed by atoms with van der Waals surface area (Å²) in [4.78, 5) is 15.5. The predicted molar refractivity (Wildman–Crippen MR) is 79.1 cm³/mol. The summed E-state index contributed by atoms with van der Waals surface area (Å²) in [5.41, 5.74) is 1.28. The highest BCUT2D eigenvalue weighted by Crippen LogP contribution is 2.35. The lowest BCUT2D eigenvalue weighted by Crippen LogP contribution is -2.03.